The minimum absolute atomic E-state index is 0.106. The van der Waals surface area contributed by atoms with Crippen molar-refractivity contribution in [3.8, 4) is 0 Å². The fraction of sp³-hybridized carbons (Fsp3) is 0.550. The van der Waals surface area contributed by atoms with Gasteiger partial charge >= 0.3 is 0 Å². The van der Waals surface area contributed by atoms with Gasteiger partial charge in [0.25, 0.3) is 5.91 Å². The van der Waals surface area contributed by atoms with Crippen LogP contribution >= 0.6 is 0 Å². The number of amides is 1. The number of aldehydes is 1. The zero-order valence-corrected chi connectivity index (χ0v) is 15.5. The molecule has 0 spiro atoms. The maximum absolute atomic E-state index is 15.3. The van der Waals surface area contributed by atoms with E-state index in [2.05, 4.69) is 15.5 Å². The van der Waals surface area contributed by atoms with Gasteiger partial charge in [0.1, 0.15) is 0 Å². The fourth-order valence-electron chi connectivity index (χ4n) is 5.16. The highest BCUT2D eigenvalue weighted by Gasteiger charge is 2.44. The molecule has 3 saturated heterocycles. The van der Waals surface area contributed by atoms with Gasteiger partial charge in [0, 0.05) is 48.9 Å². The molecule has 2 bridgehead atoms. The highest BCUT2D eigenvalue weighted by Crippen LogP contribution is 2.39. The summed E-state index contributed by atoms with van der Waals surface area (Å²) >= 11 is 0. The van der Waals surface area contributed by atoms with Crippen LogP contribution in [0.2, 0.25) is 0 Å². The molecule has 4 aliphatic rings. The lowest BCUT2D eigenvalue weighted by Gasteiger charge is -2.54. The third-order valence-electron chi connectivity index (χ3n) is 6.70. The SMILES string of the molecule is O=CC(=O)C1CCC(N2Cc3c(ccc(N4C5CNCC4C5)c3F)C2=O)CN1. The van der Waals surface area contributed by atoms with Crippen LogP contribution in [0.15, 0.2) is 12.1 Å². The van der Waals surface area contributed by atoms with Crippen molar-refractivity contribution in [2.24, 2.45) is 0 Å². The number of fused-ring (bicyclic) bond motifs is 3. The summed E-state index contributed by atoms with van der Waals surface area (Å²) in [4.78, 5) is 38.9. The molecule has 0 aliphatic carbocycles. The molecule has 1 aromatic carbocycles. The van der Waals surface area contributed by atoms with Crippen LogP contribution in [0.4, 0.5) is 10.1 Å². The molecule has 28 heavy (non-hydrogen) atoms. The van der Waals surface area contributed by atoms with E-state index in [9.17, 15) is 14.4 Å². The largest absolute Gasteiger partial charge is 0.360 e. The second-order valence-corrected chi connectivity index (χ2v) is 8.18. The number of carbonyl (C=O) groups is 3. The van der Waals surface area contributed by atoms with Crippen molar-refractivity contribution in [3.63, 3.8) is 0 Å². The Morgan fingerprint density at radius 3 is 2.57 bits per heavy atom. The second-order valence-electron chi connectivity index (χ2n) is 8.18. The van der Waals surface area contributed by atoms with Crippen LogP contribution in [0, 0.1) is 5.82 Å². The minimum Gasteiger partial charge on any atom is -0.360 e. The fourth-order valence-corrected chi connectivity index (χ4v) is 5.16. The number of Topliss-reactive ketones (excluding diaryl/α,β-unsaturated/α-hetero) is 1. The van der Waals surface area contributed by atoms with Gasteiger partial charge < -0.3 is 20.4 Å². The lowest BCUT2D eigenvalue weighted by atomic mass is 9.87. The van der Waals surface area contributed by atoms with E-state index in [0.29, 0.717) is 54.6 Å². The molecule has 0 radical (unpaired) electrons. The first-order valence-electron chi connectivity index (χ1n) is 9.92. The summed E-state index contributed by atoms with van der Waals surface area (Å²) in [5.41, 5.74) is 1.53. The molecule has 8 heteroatoms. The normalized spacial score (nSPS) is 31.4. The van der Waals surface area contributed by atoms with Gasteiger partial charge in [-0.1, -0.05) is 0 Å². The number of piperidine rings is 2. The van der Waals surface area contributed by atoms with E-state index in [0.717, 1.165) is 19.5 Å². The number of halogens is 1. The van der Waals surface area contributed by atoms with Crippen LogP contribution in [0.5, 0.6) is 0 Å². The predicted molar refractivity (Wildman–Crippen MR) is 99.7 cm³/mol. The molecular formula is C20H23FN4O3. The van der Waals surface area contributed by atoms with Gasteiger partial charge in [-0.2, -0.15) is 0 Å². The van der Waals surface area contributed by atoms with Crippen LogP contribution in [-0.2, 0) is 16.1 Å². The molecule has 4 aliphatic heterocycles. The Kier molecular flexibility index (Phi) is 4.21. The summed E-state index contributed by atoms with van der Waals surface area (Å²) in [7, 11) is 0. The van der Waals surface area contributed by atoms with Crippen LogP contribution in [-0.4, -0.2) is 66.7 Å². The van der Waals surface area contributed by atoms with E-state index in [4.69, 9.17) is 0 Å². The first-order valence-corrected chi connectivity index (χ1v) is 9.92. The topological polar surface area (TPSA) is 81.8 Å². The van der Waals surface area contributed by atoms with Crippen molar-refractivity contribution in [3.05, 3.63) is 29.1 Å². The molecule has 2 N–H and O–H groups in total. The zero-order chi connectivity index (χ0) is 19.4. The predicted octanol–water partition coefficient (Wildman–Crippen LogP) is 0.221. The molecule has 7 nitrogen and oxygen atoms in total. The van der Waals surface area contributed by atoms with Gasteiger partial charge in [0.15, 0.2) is 12.1 Å². The van der Waals surface area contributed by atoms with E-state index in [-0.39, 0.29) is 24.3 Å². The number of nitrogens with one attached hydrogen (secondary N) is 2. The first kappa shape index (κ1) is 17.8. The number of hydrogen-bond donors (Lipinski definition) is 2. The van der Waals surface area contributed by atoms with Gasteiger partial charge in [0.05, 0.1) is 18.3 Å². The van der Waals surface area contributed by atoms with Crippen molar-refractivity contribution in [2.45, 2.75) is 50.0 Å². The molecule has 0 aromatic heterocycles. The van der Waals surface area contributed by atoms with E-state index >= 15 is 4.39 Å². The van der Waals surface area contributed by atoms with Gasteiger partial charge in [-0.3, -0.25) is 14.4 Å². The quantitative estimate of drug-likeness (QED) is 0.569. The number of nitrogens with zero attached hydrogens (tertiary/aromatic N) is 2. The number of hydrogen-bond acceptors (Lipinski definition) is 6. The van der Waals surface area contributed by atoms with E-state index in [1.165, 1.54) is 0 Å². The number of anilines is 1. The Hall–Kier alpha value is -2.32. The Morgan fingerprint density at radius 2 is 1.93 bits per heavy atom. The number of piperazine rings is 1. The van der Waals surface area contributed by atoms with Crippen LogP contribution in [0.1, 0.15) is 35.2 Å². The van der Waals surface area contributed by atoms with Crippen molar-refractivity contribution in [2.75, 3.05) is 24.5 Å². The van der Waals surface area contributed by atoms with E-state index < -0.39 is 11.8 Å². The highest BCUT2D eigenvalue weighted by atomic mass is 19.1. The Morgan fingerprint density at radius 1 is 1.14 bits per heavy atom. The van der Waals surface area contributed by atoms with E-state index in [1.54, 1.807) is 17.0 Å². The van der Waals surface area contributed by atoms with E-state index in [1.807, 2.05) is 0 Å². The molecular weight excluding hydrogens is 363 g/mol. The molecule has 3 fully saturated rings. The number of rotatable bonds is 4. The molecule has 4 heterocycles. The molecule has 1 amide bonds. The lowest BCUT2D eigenvalue weighted by Crippen LogP contribution is -2.68. The van der Waals surface area contributed by atoms with Crippen molar-refractivity contribution < 1.29 is 18.8 Å². The lowest BCUT2D eigenvalue weighted by molar-refractivity contribution is -0.131. The van der Waals surface area contributed by atoms with Gasteiger partial charge in [-0.25, -0.2) is 4.39 Å². The highest BCUT2D eigenvalue weighted by molar-refractivity contribution is 6.27. The molecule has 0 saturated carbocycles. The van der Waals surface area contributed by atoms with Crippen LogP contribution in [0.3, 0.4) is 0 Å². The summed E-state index contributed by atoms with van der Waals surface area (Å²) in [5.74, 6) is -0.889. The summed E-state index contributed by atoms with van der Waals surface area (Å²) in [6, 6.07) is 3.58. The third kappa shape index (κ3) is 2.58. The third-order valence-corrected chi connectivity index (χ3v) is 6.70. The smallest absolute Gasteiger partial charge is 0.254 e. The van der Waals surface area contributed by atoms with Crippen LogP contribution < -0.4 is 15.5 Å². The standard InChI is InChI=1S/C20H23FN4O3/c21-19-15-9-24(11-1-3-16(23-8-11)18(27)10-26)20(28)14(15)2-4-17(19)25-12-5-13(25)7-22-6-12/h2,4,10-13,16,22-23H,1,3,5-9H2. The first-order chi connectivity index (χ1) is 13.6. The minimum atomic E-state index is -0.475. The Bertz CT molecular complexity index is 838. The van der Waals surface area contributed by atoms with Crippen molar-refractivity contribution >= 4 is 23.7 Å². The Balaban J connectivity index is 1.34. The second kappa shape index (κ2) is 6.63. The van der Waals surface area contributed by atoms with Gasteiger partial charge in [0.2, 0.25) is 5.78 Å². The molecule has 4 unspecified atom stereocenters. The Labute approximate surface area is 162 Å². The van der Waals surface area contributed by atoms with Crippen molar-refractivity contribution in [1.29, 1.82) is 0 Å². The van der Waals surface area contributed by atoms with Crippen LogP contribution in [0.25, 0.3) is 0 Å². The average Bonchev–Trinajstić information content (AvgIpc) is 3.07. The summed E-state index contributed by atoms with van der Waals surface area (Å²) < 4.78 is 15.3. The van der Waals surface area contributed by atoms with Gasteiger partial charge in [-0.15, -0.1) is 0 Å². The molecule has 1 aromatic rings. The summed E-state index contributed by atoms with van der Waals surface area (Å²) in [6.45, 7) is 2.42. The molecule has 148 valence electrons. The average molecular weight is 386 g/mol. The maximum Gasteiger partial charge on any atom is 0.254 e. The van der Waals surface area contributed by atoms with Gasteiger partial charge in [-0.05, 0) is 31.4 Å². The maximum atomic E-state index is 15.3. The zero-order valence-electron chi connectivity index (χ0n) is 15.5. The summed E-state index contributed by atoms with van der Waals surface area (Å²) in [6.07, 6.45) is 2.54. The number of benzene rings is 1. The molecule has 5 rings (SSSR count). The monoisotopic (exact) mass is 386 g/mol. The van der Waals surface area contributed by atoms with Crippen molar-refractivity contribution in [1.82, 2.24) is 15.5 Å². The molecule has 4 atom stereocenters. The summed E-state index contributed by atoms with van der Waals surface area (Å²) in [5, 5.41) is 6.40. The number of ketones is 1. The number of carbonyl (C=O) groups excluding carboxylic acids is 3.